The van der Waals surface area contributed by atoms with Gasteiger partial charge in [0.05, 0.1) is 12.0 Å². The zero-order chi connectivity index (χ0) is 20.7. The SMILES string of the molecule is CCN(CC)S(=O)(=O)c1ccc(C)c(C(=O)NCCc2ccccc2OC)c1. The molecule has 0 aliphatic rings. The van der Waals surface area contributed by atoms with Gasteiger partial charge in [0, 0.05) is 25.2 Å². The van der Waals surface area contributed by atoms with Crippen LogP contribution in [0.15, 0.2) is 47.4 Å². The molecule has 0 bridgehead atoms. The summed E-state index contributed by atoms with van der Waals surface area (Å²) in [6, 6.07) is 12.3. The Morgan fingerprint density at radius 3 is 2.43 bits per heavy atom. The minimum Gasteiger partial charge on any atom is -0.496 e. The van der Waals surface area contributed by atoms with Gasteiger partial charge in [-0.25, -0.2) is 8.42 Å². The molecule has 0 unspecified atom stereocenters. The molecule has 0 aromatic heterocycles. The van der Waals surface area contributed by atoms with Crippen molar-refractivity contribution in [1.82, 2.24) is 9.62 Å². The maximum atomic E-state index is 12.7. The van der Waals surface area contributed by atoms with Crippen LogP contribution in [-0.4, -0.2) is 45.4 Å². The van der Waals surface area contributed by atoms with Crippen molar-refractivity contribution < 1.29 is 17.9 Å². The maximum Gasteiger partial charge on any atom is 0.251 e. The van der Waals surface area contributed by atoms with Gasteiger partial charge >= 0.3 is 0 Å². The van der Waals surface area contributed by atoms with Crippen molar-refractivity contribution >= 4 is 15.9 Å². The summed E-state index contributed by atoms with van der Waals surface area (Å²) in [4.78, 5) is 12.8. The van der Waals surface area contributed by atoms with Crippen molar-refractivity contribution in [2.24, 2.45) is 0 Å². The number of carbonyl (C=O) groups is 1. The first-order valence-electron chi connectivity index (χ1n) is 9.36. The van der Waals surface area contributed by atoms with Crippen LogP contribution in [-0.2, 0) is 16.4 Å². The second-order valence-corrected chi connectivity index (χ2v) is 8.32. The lowest BCUT2D eigenvalue weighted by molar-refractivity contribution is 0.0953. The van der Waals surface area contributed by atoms with Gasteiger partial charge in [0.25, 0.3) is 5.91 Å². The predicted octanol–water partition coefficient (Wildman–Crippen LogP) is 3.01. The lowest BCUT2D eigenvalue weighted by Gasteiger charge is -2.19. The Bertz CT molecular complexity index is 922. The highest BCUT2D eigenvalue weighted by molar-refractivity contribution is 7.89. The van der Waals surface area contributed by atoms with E-state index in [2.05, 4.69) is 5.32 Å². The number of ether oxygens (including phenoxy) is 1. The summed E-state index contributed by atoms with van der Waals surface area (Å²) >= 11 is 0. The Labute approximate surface area is 167 Å². The van der Waals surface area contributed by atoms with E-state index in [-0.39, 0.29) is 10.8 Å². The third-order valence-electron chi connectivity index (χ3n) is 4.67. The van der Waals surface area contributed by atoms with E-state index in [1.165, 1.54) is 10.4 Å². The van der Waals surface area contributed by atoms with Crippen LogP contribution in [0.5, 0.6) is 5.75 Å². The molecule has 0 fully saturated rings. The smallest absolute Gasteiger partial charge is 0.251 e. The van der Waals surface area contributed by atoms with Crippen LogP contribution in [0.1, 0.15) is 35.3 Å². The summed E-state index contributed by atoms with van der Waals surface area (Å²) < 4.78 is 32.2. The number of rotatable bonds is 9. The monoisotopic (exact) mass is 404 g/mol. The van der Waals surface area contributed by atoms with Crippen molar-refractivity contribution in [3.8, 4) is 5.75 Å². The van der Waals surface area contributed by atoms with Crippen LogP contribution in [0.4, 0.5) is 0 Å². The maximum absolute atomic E-state index is 12.7. The molecule has 7 heteroatoms. The summed E-state index contributed by atoms with van der Waals surface area (Å²) in [5, 5.41) is 2.87. The normalized spacial score (nSPS) is 11.5. The number of hydrogen-bond acceptors (Lipinski definition) is 4. The van der Waals surface area contributed by atoms with Crippen LogP contribution in [0.3, 0.4) is 0 Å². The molecule has 0 saturated heterocycles. The molecule has 0 heterocycles. The van der Waals surface area contributed by atoms with E-state index in [9.17, 15) is 13.2 Å². The molecule has 6 nitrogen and oxygen atoms in total. The minimum atomic E-state index is -3.61. The molecule has 2 aromatic rings. The zero-order valence-electron chi connectivity index (χ0n) is 16.9. The molecule has 0 spiro atoms. The predicted molar refractivity (Wildman–Crippen MR) is 110 cm³/mol. The van der Waals surface area contributed by atoms with Gasteiger partial charge in [-0.3, -0.25) is 4.79 Å². The lowest BCUT2D eigenvalue weighted by Crippen LogP contribution is -2.31. The van der Waals surface area contributed by atoms with Gasteiger partial charge in [-0.2, -0.15) is 4.31 Å². The number of para-hydroxylation sites is 1. The summed E-state index contributed by atoms with van der Waals surface area (Å²) in [5.41, 5.74) is 2.10. The van der Waals surface area contributed by atoms with Crippen molar-refractivity contribution in [2.45, 2.75) is 32.1 Å². The molecule has 1 amide bonds. The number of nitrogens with zero attached hydrogens (tertiary/aromatic N) is 1. The molecule has 2 rings (SSSR count). The van der Waals surface area contributed by atoms with Gasteiger partial charge < -0.3 is 10.1 Å². The largest absolute Gasteiger partial charge is 0.496 e. The highest BCUT2D eigenvalue weighted by Crippen LogP contribution is 2.20. The van der Waals surface area contributed by atoms with E-state index < -0.39 is 10.0 Å². The first-order chi connectivity index (χ1) is 13.3. The summed E-state index contributed by atoms with van der Waals surface area (Å²) in [6.45, 7) is 6.57. The molecular weight excluding hydrogens is 376 g/mol. The van der Waals surface area contributed by atoms with E-state index in [1.54, 1.807) is 40.0 Å². The van der Waals surface area contributed by atoms with Crippen LogP contribution < -0.4 is 10.1 Å². The van der Waals surface area contributed by atoms with E-state index >= 15 is 0 Å². The molecule has 0 aliphatic carbocycles. The Hall–Kier alpha value is -2.38. The lowest BCUT2D eigenvalue weighted by atomic mass is 10.1. The third kappa shape index (κ3) is 4.91. The number of sulfonamides is 1. The average Bonchev–Trinajstić information content (AvgIpc) is 2.69. The molecular formula is C21H28N2O4S. The molecule has 0 aliphatic heterocycles. The average molecular weight is 405 g/mol. The van der Waals surface area contributed by atoms with E-state index in [0.29, 0.717) is 31.6 Å². The summed E-state index contributed by atoms with van der Waals surface area (Å²) in [6.07, 6.45) is 0.617. The zero-order valence-corrected chi connectivity index (χ0v) is 17.7. The molecule has 152 valence electrons. The van der Waals surface area contributed by atoms with Gasteiger partial charge in [0.15, 0.2) is 0 Å². The minimum absolute atomic E-state index is 0.136. The molecule has 1 N–H and O–H groups in total. The topological polar surface area (TPSA) is 75.7 Å². The number of amides is 1. The Morgan fingerprint density at radius 2 is 1.79 bits per heavy atom. The van der Waals surface area contributed by atoms with Gasteiger partial charge in [-0.05, 0) is 42.7 Å². The van der Waals surface area contributed by atoms with Gasteiger partial charge in [-0.1, -0.05) is 38.1 Å². The second kappa shape index (κ2) is 9.71. The van der Waals surface area contributed by atoms with Crippen LogP contribution >= 0.6 is 0 Å². The molecule has 2 aromatic carbocycles. The Balaban J connectivity index is 2.15. The van der Waals surface area contributed by atoms with Gasteiger partial charge in [0.2, 0.25) is 10.0 Å². The summed E-state index contributed by atoms with van der Waals surface area (Å²) in [7, 11) is -2.00. The molecule has 0 atom stereocenters. The van der Waals surface area contributed by atoms with Crippen molar-refractivity contribution in [3.05, 3.63) is 59.2 Å². The second-order valence-electron chi connectivity index (χ2n) is 6.38. The highest BCUT2D eigenvalue weighted by Gasteiger charge is 2.23. The van der Waals surface area contributed by atoms with E-state index in [0.717, 1.165) is 16.9 Å². The number of hydrogen-bond donors (Lipinski definition) is 1. The first-order valence-corrected chi connectivity index (χ1v) is 10.8. The molecule has 0 radical (unpaired) electrons. The van der Waals surface area contributed by atoms with Crippen molar-refractivity contribution in [2.75, 3.05) is 26.7 Å². The summed E-state index contributed by atoms with van der Waals surface area (Å²) in [5.74, 6) is 0.490. The Morgan fingerprint density at radius 1 is 1.11 bits per heavy atom. The fourth-order valence-electron chi connectivity index (χ4n) is 3.03. The third-order valence-corrected chi connectivity index (χ3v) is 6.72. The Kier molecular flexibility index (Phi) is 7.60. The van der Waals surface area contributed by atoms with Crippen LogP contribution in [0, 0.1) is 6.92 Å². The van der Waals surface area contributed by atoms with Crippen molar-refractivity contribution in [3.63, 3.8) is 0 Å². The van der Waals surface area contributed by atoms with Crippen molar-refractivity contribution in [1.29, 1.82) is 0 Å². The van der Waals surface area contributed by atoms with Crippen LogP contribution in [0.2, 0.25) is 0 Å². The van der Waals surface area contributed by atoms with Gasteiger partial charge in [0.1, 0.15) is 5.75 Å². The number of benzene rings is 2. The highest BCUT2D eigenvalue weighted by atomic mass is 32.2. The first kappa shape index (κ1) is 21.9. The fraction of sp³-hybridized carbons (Fsp3) is 0.381. The van der Waals surface area contributed by atoms with E-state index in [4.69, 9.17) is 4.74 Å². The standard InChI is InChI=1S/C21H28N2O4S/c1-5-23(6-2)28(25,26)18-12-11-16(3)19(15-18)21(24)22-14-13-17-9-7-8-10-20(17)27-4/h7-12,15H,5-6,13-14H2,1-4H3,(H,22,24). The molecule has 28 heavy (non-hydrogen) atoms. The quantitative estimate of drug-likeness (QED) is 0.697. The number of nitrogens with one attached hydrogen (secondary N) is 1. The fourth-order valence-corrected chi connectivity index (χ4v) is 4.52. The number of aryl methyl sites for hydroxylation is 1. The number of methoxy groups -OCH3 is 1. The van der Waals surface area contributed by atoms with E-state index in [1.807, 2.05) is 24.3 Å². The van der Waals surface area contributed by atoms with Gasteiger partial charge in [-0.15, -0.1) is 0 Å². The van der Waals surface area contributed by atoms with Crippen LogP contribution in [0.25, 0.3) is 0 Å². The molecule has 0 saturated carbocycles. The number of carbonyl (C=O) groups excluding carboxylic acids is 1.